The number of carbonyl (C=O) groups is 1. The molecule has 1 aromatic heterocycles. The van der Waals surface area contributed by atoms with Crippen molar-refractivity contribution in [1.29, 1.82) is 0 Å². The summed E-state index contributed by atoms with van der Waals surface area (Å²) >= 11 is 0. The lowest BCUT2D eigenvalue weighted by Crippen LogP contribution is -2.13. The number of nitrogens with one attached hydrogen (secondary N) is 1. The minimum absolute atomic E-state index is 0.0818. The third kappa shape index (κ3) is 2.21. The van der Waals surface area contributed by atoms with Crippen LogP contribution in [0.2, 0.25) is 0 Å². The number of hydrogen-bond donors (Lipinski definition) is 1. The SMILES string of the molecule is CC(C)OC(=O)Cc1[nH]nc2ccccc12. The van der Waals surface area contributed by atoms with Gasteiger partial charge in [-0.1, -0.05) is 18.2 Å². The van der Waals surface area contributed by atoms with Gasteiger partial charge in [0.15, 0.2) is 0 Å². The molecule has 0 aliphatic heterocycles. The van der Waals surface area contributed by atoms with Crippen LogP contribution in [0.3, 0.4) is 0 Å². The van der Waals surface area contributed by atoms with Crippen molar-refractivity contribution in [1.82, 2.24) is 10.2 Å². The molecule has 0 spiro atoms. The molecule has 1 N–H and O–H groups in total. The standard InChI is InChI=1S/C12H14N2O2/c1-8(2)16-12(15)7-11-9-5-3-4-6-10(9)13-14-11/h3-6,8H,7H2,1-2H3,(H,13,14). The molecule has 0 saturated heterocycles. The van der Waals surface area contributed by atoms with Crippen LogP contribution in [0, 0.1) is 0 Å². The first-order valence-corrected chi connectivity index (χ1v) is 5.28. The van der Waals surface area contributed by atoms with E-state index in [2.05, 4.69) is 10.2 Å². The quantitative estimate of drug-likeness (QED) is 0.802. The fourth-order valence-corrected chi connectivity index (χ4v) is 1.60. The fraction of sp³-hybridized carbons (Fsp3) is 0.333. The molecule has 4 heteroatoms. The largest absolute Gasteiger partial charge is 0.463 e. The van der Waals surface area contributed by atoms with E-state index < -0.39 is 0 Å². The Labute approximate surface area is 93.6 Å². The van der Waals surface area contributed by atoms with Crippen molar-refractivity contribution in [3.8, 4) is 0 Å². The van der Waals surface area contributed by atoms with Crippen molar-refractivity contribution in [3.05, 3.63) is 30.0 Å². The van der Waals surface area contributed by atoms with Crippen molar-refractivity contribution in [2.45, 2.75) is 26.4 Å². The van der Waals surface area contributed by atoms with Gasteiger partial charge in [0.2, 0.25) is 0 Å². The highest BCUT2D eigenvalue weighted by Gasteiger charge is 2.11. The number of carbonyl (C=O) groups excluding carboxylic acids is 1. The maximum atomic E-state index is 11.5. The van der Waals surface area contributed by atoms with E-state index >= 15 is 0 Å². The lowest BCUT2D eigenvalue weighted by Gasteiger charge is -2.06. The second-order valence-corrected chi connectivity index (χ2v) is 3.93. The Hall–Kier alpha value is -1.84. The number of ether oxygens (including phenoxy) is 1. The number of rotatable bonds is 3. The van der Waals surface area contributed by atoms with Gasteiger partial charge in [0.25, 0.3) is 0 Å². The van der Waals surface area contributed by atoms with Crippen LogP contribution in [-0.2, 0) is 16.0 Å². The third-order valence-electron chi connectivity index (χ3n) is 2.23. The highest BCUT2D eigenvalue weighted by molar-refractivity contribution is 5.85. The smallest absolute Gasteiger partial charge is 0.312 e. The zero-order valence-electron chi connectivity index (χ0n) is 9.36. The van der Waals surface area contributed by atoms with E-state index in [4.69, 9.17) is 4.74 Å². The Kier molecular flexibility index (Phi) is 2.90. The predicted molar refractivity (Wildman–Crippen MR) is 61.0 cm³/mol. The molecule has 0 amide bonds. The number of nitrogens with zero attached hydrogens (tertiary/aromatic N) is 1. The fourth-order valence-electron chi connectivity index (χ4n) is 1.60. The zero-order valence-corrected chi connectivity index (χ0v) is 9.36. The molecule has 0 aliphatic rings. The second-order valence-electron chi connectivity index (χ2n) is 3.93. The monoisotopic (exact) mass is 218 g/mol. The van der Waals surface area contributed by atoms with Gasteiger partial charge in [-0.15, -0.1) is 0 Å². The van der Waals surface area contributed by atoms with Gasteiger partial charge in [0.05, 0.1) is 23.7 Å². The Morgan fingerprint density at radius 1 is 1.44 bits per heavy atom. The minimum Gasteiger partial charge on any atom is -0.463 e. The first kappa shape index (κ1) is 10.7. The van der Waals surface area contributed by atoms with E-state index in [0.29, 0.717) is 0 Å². The Balaban J connectivity index is 2.18. The Bertz CT molecular complexity index is 502. The number of esters is 1. The molecular weight excluding hydrogens is 204 g/mol. The third-order valence-corrected chi connectivity index (χ3v) is 2.23. The van der Waals surface area contributed by atoms with Crippen molar-refractivity contribution in [3.63, 3.8) is 0 Å². The molecule has 0 fully saturated rings. The average Bonchev–Trinajstić information content (AvgIpc) is 2.61. The predicted octanol–water partition coefficient (Wildman–Crippen LogP) is 2.06. The molecule has 0 radical (unpaired) electrons. The van der Waals surface area contributed by atoms with Crippen LogP contribution in [0.1, 0.15) is 19.5 Å². The van der Waals surface area contributed by atoms with Gasteiger partial charge in [-0.05, 0) is 19.9 Å². The van der Waals surface area contributed by atoms with Gasteiger partial charge in [-0.3, -0.25) is 9.89 Å². The molecule has 0 bridgehead atoms. The lowest BCUT2D eigenvalue weighted by atomic mass is 10.2. The summed E-state index contributed by atoms with van der Waals surface area (Å²) in [5.74, 6) is -0.232. The molecule has 2 rings (SSSR count). The molecule has 0 saturated carbocycles. The maximum absolute atomic E-state index is 11.5. The number of fused-ring (bicyclic) bond motifs is 1. The van der Waals surface area contributed by atoms with Gasteiger partial charge in [-0.25, -0.2) is 0 Å². The molecule has 16 heavy (non-hydrogen) atoms. The van der Waals surface area contributed by atoms with Gasteiger partial charge in [0, 0.05) is 5.39 Å². The van der Waals surface area contributed by atoms with Crippen molar-refractivity contribution >= 4 is 16.9 Å². The number of hydrogen-bond acceptors (Lipinski definition) is 3. The lowest BCUT2D eigenvalue weighted by molar-refractivity contribution is -0.146. The van der Waals surface area contributed by atoms with Crippen LogP contribution in [0.5, 0.6) is 0 Å². The molecule has 84 valence electrons. The van der Waals surface area contributed by atoms with Crippen LogP contribution in [0.25, 0.3) is 10.9 Å². The van der Waals surface area contributed by atoms with Gasteiger partial charge in [-0.2, -0.15) is 5.10 Å². The summed E-state index contributed by atoms with van der Waals surface area (Å²) in [6.45, 7) is 3.67. The van der Waals surface area contributed by atoms with Gasteiger partial charge < -0.3 is 4.74 Å². The highest BCUT2D eigenvalue weighted by atomic mass is 16.5. The topological polar surface area (TPSA) is 55.0 Å². The first-order valence-electron chi connectivity index (χ1n) is 5.28. The second kappa shape index (κ2) is 4.35. The highest BCUT2D eigenvalue weighted by Crippen LogP contribution is 2.15. The summed E-state index contributed by atoms with van der Waals surface area (Å²) in [4.78, 5) is 11.5. The Morgan fingerprint density at radius 2 is 2.19 bits per heavy atom. The van der Waals surface area contributed by atoms with Gasteiger partial charge >= 0.3 is 5.97 Å². The van der Waals surface area contributed by atoms with Crippen LogP contribution >= 0.6 is 0 Å². The summed E-state index contributed by atoms with van der Waals surface area (Å²) in [5.41, 5.74) is 1.68. The van der Waals surface area contributed by atoms with Crippen LogP contribution in [-0.4, -0.2) is 22.3 Å². The number of H-pyrrole nitrogens is 1. The molecule has 0 atom stereocenters. The van der Waals surface area contributed by atoms with E-state index in [9.17, 15) is 4.79 Å². The van der Waals surface area contributed by atoms with Crippen LogP contribution in [0.4, 0.5) is 0 Å². The Morgan fingerprint density at radius 3 is 2.94 bits per heavy atom. The summed E-state index contributed by atoms with van der Waals surface area (Å²) in [7, 11) is 0. The molecular formula is C12H14N2O2. The summed E-state index contributed by atoms with van der Waals surface area (Å²) < 4.78 is 5.09. The van der Waals surface area contributed by atoms with E-state index in [-0.39, 0.29) is 18.5 Å². The zero-order chi connectivity index (χ0) is 11.5. The maximum Gasteiger partial charge on any atom is 0.312 e. The van der Waals surface area contributed by atoms with E-state index in [0.717, 1.165) is 16.6 Å². The first-order chi connectivity index (χ1) is 7.66. The van der Waals surface area contributed by atoms with E-state index in [1.807, 2.05) is 38.1 Å². The van der Waals surface area contributed by atoms with E-state index in [1.165, 1.54) is 0 Å². The summed E-state index contributed by atoms with van der Waals surface area (Å²) in [6.07, 6.45) is 0.153. The van der Waals surface area contributed by atoms with Crippen molar-refractivity contribution in [2.75, 3.05) is 0 Å². The normalized spacial score (nSPS) is 10.9. The number of aromatic nitrogens is 2. The molecule has 1 heterocycles. The summed E-state index contributed by atoms with van der Waals surface area (Å²) in [5, 5.41) is 7.96. The van der Waals surface area contributed by atoms with Crippen LogP contribution in [0.15, 0.2) is 24.3 Å². The number of para-hydroxylation sites is 1. The molecule has 0 aliphatic carbocycles. The number of aromatic amines is 1. The molecule has 0 unspecified atom stereocenters. The summed E-state index contributed by atoms with van der Waals surface area (Å²) in [6, 6.07) is 7.69. The van der Waals surface area contributed by atoms with Crippen molar-refractivity contribution in [2.24, 2.45) is 0 Å². The van der Waals surface area contributed by atoms with Crippen molar-refractivity contribution < 1.29 is 9.53 Å². The molecule has 2 aromatic rings. The number of benzene rings is 1. The van der Waals surface area contributed by atoms with E-state index in [1.54, 1.807) is 0 Å². The van der Waals surface area contributed by atoms with Gasteiger partial charge in [0.1, 0.15) is 0 Å². The average molecular weight is 218 g/mol. The minimum atomic E-state index is -0.232. The molecule has 4 nitrogen and oxygen atoms in total. The molecule has 1 aromatic carbocycles. The van der Waals surface area contributed by atoms with Crippen LogP contribution < -0.4 is 0 Å².